The number of nitrogens with one attached hydrogen (secondary N) is 3. The molecule has 0 aliphatic carbocycles. The van der Waals surface area contributed by atoms with E-state index in [9.17, 15) is 9.59 Å². The van der Waals surface area contributed by atoms with E-state index in [1.807, 2.05) is 58.3 Å². The number of nitrogens with zero attached hydrogens (tertiary/aromatic N) is 1. The lowest BCUT2D eigenvalue weighted by molar-refractivity contribution is -0.130. The minimum Gasteiger partial charge on any atom is -0.359 e. The van der Waals surface area contributed by atoms with Crippen molar-refractivity contribution < 1.29 is 9.59 Å². The first-order valence-corrected chi connectivity index (χ1v) is 11.6. The van der Waals surface area contributed by atoms with Crippen LogP contribution in [0.15, 0.2) is 48.5 Å². The van der Waals surface area contributed by atoms with E-state index < -0.39 is 0 Å². The Labute approximate surface area is 201 Å². The Balaban J connectivity index is 1.42. The molecular weight excluding hydrogens is 424 g/mol. The van der Waals surface area contributed by atoms with E-state index in [2.05, 4.69) is 39.9 Å². The Morgan fingerprint density at radius 3 is 2.50 bits per heavy atom. The maximum atomic E-state index is 12.8. The first-order chi connectivity index (χ1) is 16.4. The van der Waals surface area contributed by atoms with Gasteiger partial charge in [0.25, 0.3) is 5.91 Å². The topological polar surface area (TPSA) is 77.2 Å². The molecule has 1 aromatic heterocycles. The molecule has 2 amide bonds. The molecule has 0 radical (unpaired) electrons. The van der Waals surface area contributed by atoms with Gasteiger partial charge in [0.15, 0.2) is 0 Å². The van der Waals surface area contributed by atoms with Crippen LogP contribution in [0, 0.1) is 13.8 Å². The van der Waals surface area contributed by atoms with Gasteiger partial charge in [-0.1, -0.05) is 42.5 Å². The van der Waals surface area contributed by atoms with Gasteiger partial charge in [-0.3, -0.25) is 9.59 Å². The number of hydrogen-bond acceptors (Lipinski definition) is 3. The fourth-order valence-corrected chi connectivity index (χ4v) is 4.51. The summed E-state index contributed by atoms with van der Waals surface area (Å²) in [5.41, 5.74) is 8.92. The summed E-state index contributed by atoms with van der Waals surface area (Å²) in [6.07, 6.45) is 3.01. The first-order valence-electron chi connectivity index (χ1n) is 11.6. The Hall–Kier alpha value is -3.64. The predicted octanol–water partition coefficient (Wildman–Crippen LogP) is 4.43. The van der Waals surface area contributed by atoms with Crippen LogP contribution in [0.5, 0.6) is 0 Å². The van der Waals surface area contributed by atoms with Crippen LogP contribution in [0.4, 0.5) is 5.69 Å². The number of fused-ring (bicyclic) bond motifs is 1. The zero-order chi connectivity index (χ0) is 24.2. The van der Waals surface area contributed by atoms with Gasteiger partial charge in [0.2, 0.25) is 5.91 Å². The average molecular weight is 457 g/mol. The Bertz CT molecular complexity index is 1240. The Morgan fingerprint density at radius 1 is 1.06 bits per heavy atom. The van der Waals surface area contributed by atoms with E-state index in [1.165, 1.54) is 5.56 Å². The molecule has 176 valence electrons. The summed E-state index contributed by atoms with van der Waals surface area (Å²) in [5, 5.41) is 6.06. The standard InChI is InChI=1S/C28H32N4O2/c1-18-22(13-14-27(33)32(4)17-21-11-9-20(10-12-21)16-29-3)19(2)30-26(18)15-24-23-7-5-6-8-25(23)31-28(24)34/h5-12,15,29-30H,13-14,16-17H2,1-4H3,(H,31,34)/b24-15-. The second-order valence-corrected chi connectivity index (χ2v) is 8.92. The molecule has 4 rings (SSSR count). The van der Waals surface area contributed by atoms with Crippen molar-refractivity contribution in [1.29, 1.82) is 0 Å². The number of anilines is 1. The lowest BCUT2D eigenvalue weighted by atomic mass is 10.0. The van der Waals surface area contributed by atoms with Crippen LogP contribution in [0.3, 0.4) is 0 Å². The zero-order valence-electron chi connectivity index (χ0n) is 20.3. The van der Waals surface area contributed by atoms with Crippen molar-refractivity contribution in [2.75, 3.05) is 19.4 Å². The highest BCUT2D eigenvalue weighted by Crippen LogP contribution is 2.33. The number of hydrogen-bond donors (Lipinski definition) is 3. The highest BCUT2D eigenvalue weighted by atomic mass is 16.2. The third kappa shape index (κ3) is 4.97. The Morgan fingerprint density at radius 2 is 1.76 bits per heavy atom. The molecule has 2 heterocycles. The summed E-state index contributed by atoms with van der Waals surface area (Å²) in [6.45, 7) is 5.49. The third-order valence-corrected chi connectivity index (χ3v) is 6.47. The molecule has 2 aromatic carbocycles. The second kappa shape index (κ2) is 10.1. The van der Waals surface area contributed by atoms with Crippen molar-refractivity contribution in [3.63, 3.8) is 0 Å². The second-order valence-electron chi connectivity index (χ2n) is 8.92. The lowest BCUT2D eigenvalue weighted by Crippen LogP contribution is -2.26. The van der Waals surface area contributed by atoms with E-state index >= 15 is 0 Å². The zero-order valence-corrected chi connectivity index (χ0v) is 20.3. The molecule has 3 aromatic rings. The molecule has 6 nitrogen and oxygen atoms in total. The number of aryl methyl sites for hydroxylation is 1. The van der Waals surface area contributed by atoms with Gasteiger partial charge in [-0.05, 0) is 61.7 Å². The molecule has 0 fully saturated rings. The number of aromatic nitrogens is 1. The summed E-state index contributed by atoms with van der Waals surface area (Å²) in [4.78, 5) is 30.5. The van der Waals surface area contributed by atoms with Gasteiger partial charge < -0.3 is 20.5 Å². The fraction of sp³-hybridized carbons (Fsp3) is 0.286. The number of benzene rings is 2. The number of H-pyrrole nitrogens is 1. The largest absolute Gasteiger partial charge is 0.359 e. The van der Waals surface area contributed by atoms with Crippen LogP contribution in [0.25, 0.3) is 11.6 Å². The molecule has 34 heavy (non-hydrogen) atoms. The minimum atomic E-state index is -0.0924. The van der Waals surface area contributed by atoms with Gasteiger partial charge in [-0.15, -0.1) is 0 Å². The van der Waals surface area contributed by atoms with Crippen molar-refractivity contribution in [1.82, 2.24) is 15.2 Å². The van der Waals surface area contributed by atoms with Gasteiger partial charge in [-0.2, -0.15) is 0 Å². The lowest BCUT2D eigenvalue weighted by Gasteiger charge is -2.18. The smallest absolute Gasteiger partial charge is 0.256 e. The van der Waals surface area contributed by atoms with E-state index in [0.717, 1.165) is 45.9 Å². The van der Waals surface area contributed by atoms with Gasteiger partial charge in [0, 0.05) is 49.2 Å². The highest BCUT2D eigenvalue weighted by Gasteiger charge is 2.24. The molecule has 0 saturated heterocycles. The molecule has 0 saturated carbocycles. The van der Waals surface area contributed by atoms with Crippen molar-refractivity contribution >= 4 is 29.2 Å². The molecule has 0 spiro atoms. The van der Waals surface area contributed by atoms with Gasteiger partial charge in [0.05, 0.1) is 5.57 Å². The fourth-order valence-electron chi connectivity index (χ4n) is 4.51. The third-order valence-electron chi connectivity index (χ3n) is 6.47. The summed E-state index contributed by atoms with van der Waals surface area (Å²) < 4.78 is 0. The monoisotopic (exact) mass is 456 g/mol. The quantitative estimate of drug-likeness (QED) is 0.439. The maximum absolute atomic E-state index is 12.8. The Kier molecular flexibility index (Phi) is 6.98. The number of carbonyl (C=O) groups excluding carboxylic acids is 2. The van der Waals surface area contributed by atoms with Crippen molar-refractivity contribution in [3.05, 3.63) is 87.7 Å². The van der Waals surface area contributed by atoms with Crippen molar-refractivity contribution in [2.24, 2.45) is 0 Å². The van der Waals surface area contributed by atoms with Gasteiger partial charge in [0.1, 0.15) is 0 Å². The number of amides is 2. The summed E-state index contributed by atoms with van der Waals surface area (Å²) >= 11 is 0. The minimum absolute atomic E-state index is 0.0924. The summed E-state index contributed by atoms with van der Waals surface area (Å²) in [5.74, 6) is 0.0218. The molecule has 6 heteroatoms. The summed E-state index contributed by atoms with van der Waals surface area (Å²) in [6, 6.07) is 16.0. The molecule has 3 N–H and O–H groups in total. The molecule has 0 atom stereocenters. The van der Waals surface area contributed by atoms with Crippen LogP contribution in [-0.4, -0.2) is 35.8 Å². The van der Waals surface area contributed by atoms with Crippen molar-refractivity contribution in [3.8, 4) is 0 Å². The normalized spacial score (nSPS) is 13.8. The highest BCUT2D eigenvalue weighted by molar-refractivity contribution is 6.34. The van der Waals surface area contributed by atoms with E-state index in [1.54, 1.807) is 4.90 Å². The predicted molar refractivity (Wildman–Crippen MR) is 137 cm³/mol. The number of aromatic amines is 1. The number of rotatable bonds is 8. The first kappa shape index (κ1) is 23.5. The van der Waals surface area contributed by atoms with Gasteiger partial charge in [-0.25, -0.2) is 0 Å². The number of para-hydroxylation sites is 1. The molecular formula is C28H32N4O2. The van der Waals surface area contributed by atoms with Crippen LogP contribution in [-0.2, 0) is 29.1 Å². The summed E-state index contributed by atoms with van der Waals surface area (Å²) in [7, 11) is 3.78. The SMILES string of the molecule is CNCc1ccc(CN(C)C(=O)CCc2c(C)[nH]c(/C=C3\C(=O)Nc4ccccc43)c2C)cc1. The number of carbonyl (C=O) groups is 2. The molecule has 0 unspecified atom stereocenters. The van der Waals surface area contributed by atoms with Crippen molar-refractivity contribution in [2.45, 2.75) is 39.8 Å². The average Bonchev–Trinajstić information content (AvgIpc) is 3.28. The van der Waals surface area contributed by atoms with Crippen LogP contribution >= 0.6 is 0 Å². The van der Waals surface area contributed by atoms with Gasteiger partial charge >= 0.3 is 0 Å². The molecule has 1 aliphatic rings. The maximum Gasteiger partial charge on any atom is 0.256 e. The van der Waals surface area contributed by atoms with E-state index in [4.69, 9.17) is 0 Å². The van der Waals surface area contributed by atoms with Crippen LogP contribution in [0.1, 0.15) is 45.6 Å². The molecule has 0 bridgehead atoms. The van der Waals surface area contributed by atoms with E-state index in [0.29, 0.717) is 25.0 Å². The van der Waals surface area contributed by atoms with E-state index in [-0.39, 0.29) is 11.8 Å². The van der Waals surface area contributed by atoms with Crippen LogP contribution < -0.4 is 10.6 Å². The van der Waals surface area contributed by atoms with Crippen LogP contribution in [0.2, 0.25) is 0 Å². The molecule has 1 aliphatic heterocycles.